The number of aryl methyl sites for hydroxylation is 1. The van der Waals surface area contributed by atoms with Crippen molar-refractivity contribution in [1.29, 1.82) is 0 Å². The van der Waals surface area contributed by atoms with E-state index >= 15 is 0 Å². The Labute approximate surface area is 122 Å². The number of halogens is 1. The van der Waals surface area contributed by atoms with Gasteiger partial charge in [0.2, 0.25) is 0 Å². The standard InChI is InChI=1S/C17H14ClNO/c1-11-16(17(20)12-6-4-3-5-7-12)14-10-13(18)8-9-15(14)19(11)2/h3-10H,1-2H3. The van der Waals surface area contributed by atoms with Gasteiger partial charge in [-0.2, -0.15) is 0 Å². The molecule has 3 rings (SSSR count). The van der Waals surface area contributed by atoms with Gasteiger partial charge in [-0.1, -0.05) is 41.9 Å². The van der Waals surface area contributed by atoms with Gasteiger partial charge in [0.15, 0.2) is 5.78 Å². The van der Waals surface area contributed by atoms with Gasteiger partial charge < -0.3 is 4.57 Å². The van der Waals surface area contributed by atoms with E-state index in [1.807, 2.05) is 67.1 Å². The molecule has 20 heavy (non-hydrogen) atoms. The predicted octanol–water partition coefficient (Wildman–Crippen LogP) is 4.37. The molecule has 0 atom stereocenters. The number of carbonyl (C=O) groups is 1. The Balaban J connectivity index is 2.28. The third-order valence-electron chi connectivity index (χ3n) is 3.72. The first-order valence-corrected chi connectivity index (χ1v) is 6.81. The van der Waals surface area contributed by atoms with E-state index < -0.39 is 0 Å². The van der Waals surface area contributed by atoms with Crippen molar-refractivity contribution < 1.29 is 4.79 Å². The second-order valence-corrected chi connectivity index (χ2v) is 5.31. The summed E-state index contributed by atoms with van der Waals surface area (Å²) in [5, 5.41) is 1.55. The highest BCUT2D eigenvalue weighted by molar-refractivity contribution is 6.31. The summed E-state index contributed by atoms with van der Waals surface area (Å²) in [4.78, 5) is 12.7. The summed E-state index contributed by atoms with van der Waals surface area (Å²) < 4.78 is 2.03. The van der Waals surface area contributed by atoms with E-state index in [2.05, 4.69) is 0 Å². The van der Waals surface area contributed by atoms with Crippen LogP contribution in [0.3, 0.4) is 0 Å². The van der Waals surface area contributed by atoms with Crippen LogP contribution in [0.15, 0.2) is 48.5 Å². The molecule has 2 aromatic carbocycles. The number of ketones is 1. The number of aromatic nitrogens is 1. The van der Waals surface area contributed by atoms with Crippen LogP contribution >= 0.6 is 11.6 Å². The molecule has 100 valence electrons. The van der Waals surface area contributed by atoms with E-state index in [0.29, 0.717) is 10.6 Å². The van der Waals surface area contributed by atoms with Crippen LogP contribution in [0.25, 0.3) is 10.9 Å². The van der Waals surface area contributed by atoms with Gasteiger partial charge in [-0.05, 0) is 25.1 Å². The molecular weight excluding hydrogens is 270 g/mol. The van der Waals surface area contributed by atoms with Gasteiger partial charge in [0.05, 0.1) is 5.56 Å². The Kier molecular flexibility index (Phi) is 3.11. The first kappa shape index (κ1) is 12.9. The first-order chi connectivity index (χ1) is 9.59. The minimum absolute atomic E-state index is 0.0379. The van der Waals surface area contributed by atoms with Crippen LogP contribution in [0.4, 0.5) is 0 Å². The molecule has 3 heteroatoms. The molecule has 0 saturated carbocycles. The molecule has 0 radical (unpaired) electrons. The molecule has 0 unspecified atom stereocenters. The van der Waals surface area contributed by atoms with Crippen LogP contribution in [0.2, 0.25) is 5.02 Å². The van der Waals surface area contributed by atoms with Gasteiger partial charge in [0.1, 0.15) is 0 Å². The monoisotopic (exact) mass is 283 g/mol. The molecular formula is C17H14ClNO. The third kappa shape index (κ3) is 1.93. The Morgan fingerprint density at radius 1 is 1.10 bits per heavy atom. The van der Waals surface area contributed by atoms with Crippen molar-refractivity contribution in [2.24, 2.45) is 7.05 Å². The van der Waals surface area contributed by atoms with Crippen molar-refractivity contribution >= 4 is 28.3 Å². The third-order valence-corrected chi connectivity index (χ3v) is 3.95. The fraction of sp³-hybridized carbons (Fsp3) is 0.118. The van der Waals surface area contributed by atoms with E-state index in [1.54, 1.807) is 0 Å². The molecule has 0 amide bonds. The van der Waals surface area contributed by atoms with E-state index in [9.17, 15) is 4.79 Å². The normalized spacial score (nSPS) is 10.9. The molecule has 0 fully saturated rings. The summed E-state index contributed by atoms with van der Waals surface area (Å²) in [6.45, 7) is 1.96. The van der Waals surface area contributed by atoms with Gasteiger partial charge in [0.25, 0.3) is 0 Å². The van der Waals surface area contributed by atoms with Crippen molar-refractivity contribution in [1.82, 2.24) is 4.57 Å². The highest BCUT2D eigenvalue weighted by Gasteiger charge is 2.19. The lowest BCUT2D eigenvalue weighted by Crippen LogP contribution is -2.03. The number of fused-ring (bicyclic) bond motifs is 1. The smallest absolute Gasteiger partial charge is 0.195 e. The number of hydrogen-bond acceptors (Lipinski definition) is 1. The number of hydrogen-bond donors (Lipinski definition) is 0. The average molecular weight is 284 g/mol. The zero-order chi connectivity index (χ0) is 14.3. The molecule has 0 aliphatic heterocycles. The van der Waals surface area contributed by atoms with Crippen LogP contribution in [-0.4, -0.2) is 10.4 Å². The van der Waals surface area contributed by atoms with Crippen molar-refractivity contribution in [3.05, 3.63) is 70.4 Å². The van der Waals surface area contributed by atoms with Crippen molar-refractivity contribution in [2.45, 2.75) is 6.92 Å². The van der Waals surface area contributed by atoms with Gasteiger partial charge in [0, 0.05) is 34.2 Å². The second-order valence-electron chi connectivity index (χ2n) is 4.88. The topological polar surface area (TPSA) is 22.0 Å². The van der Waals surface area contributed by atoms with Gasteiger partial charge >= 0.3 is 0 Å². The molecule has 2 nitrogen and oxygen atoms in total. The summed E-state index contributed by atoms with van der Waals surface area (Å²) in [5.74, 6) is 0.0379. The summed E-state index contributed by atoms with van der Waals surface area (Å²) in [6, 6.07) is 15.0. The highest BCUT2D eigenvalue weighted by Crippen LogP contribution is 2.29. The quantitative estimate of drug-likeness (QED) is 0.640. The van der Waals surface area contributed by atoms with E-state index in [-0.39, 0.29) is 5.78 Å². The van der Waals surface area contributed by atoms with Crippen LogP contribution in [-0.2, 0) is 7.05 Å². The molecule has 0 aliphatic carbocycles. The largest absolute Gasteiger partial charge is 0.347 e. The molecule has 1 heterocycles. The average Bonchev–Trinajstić information content (AvgIpc) is 2.71. The zero-order valence-electron chi connectivity index (χ0n) is 11.4. The Bertz CT molecular complexity index is 803. The first-order valence-electron chi connectivity index (χ1n) is 6.44. The highest BCUT2D eigenvalue weighted by atomic mass is 35.5. The van der Waals surface area contributed by atoms with Crippen LogP contribution in [0, 0.1) is 6.92 Å². The predicted molar refractivity (Wildman–Crippen MR) is 82.5 cm³/mol. The minimum Gasteiger partial charge on any atom is -0.347 e. The fourth-order valence-electron chi connectivity index (χ4n) is 2.56. The van der Waals surface area contributed by atoms with Crippen LogP contribution in [0.1, 0.15) is 21.6 Å². The lowest BCUT2D eigenvalue weighted by Gasteiger charge is -2.02. The van der Waals surface area contributed by atoms with Crippen LogP contribution < -0.4 is 0 Å². The lowest BCUT2D eigenvalue weighted by atomic mass is 10.0. The van der Waals surface area contributed by atoms with E-state index in [0.717, 1.165) is 22.2 Å². The molecule has 1 aromatic heterocycles. The Hall–Kier alpha value is -2.06. The fourth-order valence-corrected chi connectivity index (χ4v) is 2.74. The summed E-state index contributed by atoms with van der Waals surface area (Å²) in [7, 11) is 1.97. The molecule has 3 aromatic rings. The Morgan fingerprint density at radius 2 is 1.80 bits per heavy atom. The maximum Gasteiger partial charge on any atom is 0.195 e. The lowest BCUT2D eigenvalue weighted by molar-refractivity contribution is 0.103. The molecule has 0 saturated heterocycles. The van der Waals surface area contributed by atoms with Crippen LogP contribution in [0.5, 0.6) is 0 Å². The summed E-state index contributed by atoms with van der Waals surface area (Å²) in [6.07, 6.45) is 0. The van der Waals surface area contributed by atoms with Gasteiger partial charge in [-0.15, -0.1) is 0 Å². The molecule has 0 spiro atoms. The maximum absolute atomic E-state index is 12.7. The minimum atomic E-state index is 0.0379. The van der Waals surface area contributed by atoms with Gasteiger partial charge in [-0.25, -0.2) is 0 Å². The Morgan fingerprint density at radius 3 is 2.50 bits per heavy atom. The molecule has 0 aliphatic rings. The number of carbonyl (C=O) groups excluding carboxylic acids is 1. The summed E-state index contributed by atoms with van der Waals surface area (Å²) in [5.41, 5.74) is 3.40. The van der Waals surface area contributed by atoms with Crippen molar-refractivity contribution in [2.75, 3.05) is 0 Å². The molecule has 0 N–H and O–H groups in total. The number of nitrogens with zero attached hydrogens (tertiary/aromatic N) is 1. The second kappa shape index (κ2) is 4.80. The van der Waals surface area contributed by atoms with Crippen molar-refractivity contribution in [3.8, 4) is 0 Å². The number of benzene rings is 2. The maximum atomic E-state index is 12.7. The summed E-state index contributed by atoms with van der Waals surface area (Å²) >= 11 is 6.08. The van der Waals surface area contributed by atoms with E-state index in [1.165, 1.54) is 0 Å². The zero-order valence-corrected chi connectivity index (χ0v) is 12.1. The molecule has 0 bridgehead atoms. The SMILES string of the molecule is Cc1c(C(=O)c2ccccc2)c2cc(Cl)ccc2n1C. The van der Waals surface area contributed by atoms with E-state index in [4.69, 9.17) is 11.6 Å². The van der Waals surface area contributed by atoms with Crippen molar-refractivity contribution in [3.63, 3.8) is 0 Å². The van der Waals surface area contributed by atoms with Gasteiger partial charge in [-0.3, -0.25) is 4.79 Å². The number of rotatable bonds is 2.